The Labute approximate surface area is 296 Å². The van der Waals surface area contributed by atoms with E-state index in [4.69, 9.17) is 31.5 Å². The fourth-order valence-electron chi connectivity index (χ4n) is 5.03. The van der Waals surface area contributed by atoms with Gasteiger partial charge in [0.1, 0.15) is 29.4 Å². The van der Waals surface area contributed by atoms with Crippen LogP contribution in [0.4, 0.5) is 14.5 Å². The number of nitrogens with zero attached hydrogens (tertiary/aromatic N) is 2. The number of carbonyl (C=O) groups is 3. The second-order valence-electron chi connectivity index (χ2n) is 11.3. The highest BCUT2D eigenvalue weighted by atomic mass is 32.2. The van der Waals surface area contributed by atoms with Gasteiger partial charge in [0.2, 0.25) is 5.91 Å². The SMILES string of the molecule is O=C(CCN1C(=O)/C(=C/c2cc(-c3ccc(F)c(F)c3)ccc2OCCN2CCOCC2)SC1=S)Nc1ccc(C(=O)OCC(O)CO)cc1. The summed E-state index contributed by atoms with van der Waals surface area (Å²) in [5.41, 5.74) is 2.19. The number of ether oxygens (including phenoxy) is 3. The third-order valence-corrected chi connectivity index (χ3v) is 9.15. The summed E-state index contributed by atoms with van der Waals surface area (Å²) >= 11 is 6.56. The molecule has 2 amide bonds. The van der Waals surface area contributed by atoms with Crippen LogP contribution < -0.4 is 10.1 Å². The van der Waals surface area contributed by atoms with Gasteiger partial charge in [-0.1, -0.05) is 36.1 Å². The van der Waals surface area contributed by atoms with Crippen LogP contribution in [0.2, 0.25) is 0 Å². The number of hydrogen-bond acceptors (Lipinski definition) is 11. The van der Waals surface area contributed by atoms with Gasteiger partial charge in [-0.25, -0.2) is 13.6 Å². The molecule has 2 aliphatic heterocycles. The Morgan fingerprint density at radius 1 is 1.02 bits per heavy atom. The number of thioether (sulfide) groups is 1. The average molecular weight is 728 g/mol. The van der Waals surface area contributed by atoms with E-state index < -0.39 is 30.3 Å². The van der Waals surface area contributed by atoms with Gasteiger partial charge in [0, 0.05) is 43.9 Å². The van der Waals surface area contributed by atoms with Gasteiger partial charge >= 0.3 is 5.97 Å². The first-order valence-corrected chi connectivity index (χ1v) is 17.0. The Hall–Kier alpha value is -4.25. The van der Waals surface area contributed by atoms with Gasteiger partial charge < -0.3 is 29.7 Å². The summed E-state index contributed by atoms with van der Waals surface area (Å²) in [6.07, 6.45) is 0.403. The van der Waals surface area contributed by atoms with Crippen LogP contribution in [0.25, 0.3) is 17.2 Å². The molecular formula is C35H35F2N3O8S2. The molecule has 2 heterocycles. The minimum absolute atomic E-state index is 0.0171. The van der Waals surface area contributed by atoms with Gasteiger partial charge in [0.05, 0.1) is 30.3 Å². The molecule has 2 aliphatic rings. The standard InChI is InChI=1S/C35H35F2N3O8S2/c36-28-7-3-24(18-29(28)37)23-4-8-30(47-16-13-39-11-14-46-15-12-39)25(17-23)19-31-33(44)40(35(49)50-31)10-9-32(43)38-26-5-1-22(2-6-26)34(45)48-21-27(42)20-41/h1-8,17-19,27,41-42H,9-16,20-21H2,(H,38,43)/b31-19-. The highest BCUT2D eigenvalue weighted by Gasteiger charge is 2.32. The van der Waals surface area contributed by atoms with E-state index in [2.05, 4.69) is 10.2 Å². The summed E-state index contributed by atoms with van der Waals surface area (Å²) in [6, 6.07) is 14.7. The van der Waals surface area contributed by atoms with Crippen molar-refractivity contribution in [2.24, 2.45) is 0 Å². The minimum atomic E-state index is -1.17. The summed E-state index contributed by atoms with van der Waals surface area (Å²) < 4.78 is 44.4. The maximum absolute atomic E-state index is 14.1. The molecule has 0 spiro atoms. The molecule has 1 atom stereocenters. The highest BCUT2D eigenvalue weighted by molar-refractivity contribution is 8.26. The fourth-order valence-corrected chi connectivity index (χ4v) is 6.33. The normalized spacial score (nSPS) is 16.5. The Kier molecular flexibility index (Phi) is 13.0. The van der Waals surface area contributed by atoms with Crippen LogP contribution in [0.15, 0.2) is 65.6 Å². The van der Waals surface area contributed by atoms with E-state index in [1.165, 1.54) is 35.2 Å². The fraction of sp³-hybridized carbons (Fsp3) is 0.314. The molecule has 2 fully saturated rings. The van der Waals surface area contributed by atoms with Crippen LogP contribution in [0.5, 0.6) is 5.75 Å². The largest absolute Gasteiger partial charge is 0.492 e. The molecule has 0 aromatic heterocycles. The van der Waals surface area contributed by atoms with E-state index in [1.807, 2.05) is 0 Å². The molecule has 50 heavy (non-hydrogen) atoms. The maximum atomic E-state index is 14.1. The molecule has 1 unspecified atom stereocenters. The summed E-state index contributed by atoms with van der Waals surface area (Å²) in [5, 5.41) is 20.9. The summed E-state index contributed by atoms with van der Waals surface area (Å²) in [6.45, 7) is 3.09. The third-order valence-electron chi connectivity index (χ3n) is 7.78. The van der Waals surface area contributed by atoms with E-state index in [9.17, 15) is 28.3 Å². The van der Waals surface area contributed by atoms with Gasteiger partial charge in [-0.2, -0.15) is 0 Å². The van der Waals surface area contributed by atoms with Crippen LogP contribution in [-0.4, -0.2) is 107 Å². The molecule has 0 bridgehead atoms. The van der Waals surface area contributed by atoms with Gasteiger partial charge in [-0.3, -0.25) is 19.4 Å². The van der Waals surface area contributed by atoms with Crippen LogP contribution >= 0.6 is 24.0 Å². The Morgan fingerprint density at radius 3 is 2.46 bits per heavy atom. The Bertz CT molecular complexity index is 1750. The first kappa shape index (κ1) is 37.0. The van der Waals surface area contributed by atoms with Crippen molar-refractivity contribution in [2.45, 2.75) is 12.5 Å². The monoisotopic (exact) mass is 727 g/mol. The van der Waals surface area contributed by atoms with Crippen LogP contribution in [-0.2, 0) is 19.1 Å². The van der Waals surface area contributed by atoms with Gasteiger partial charge in [-0.15, -0.1) is 0 Å². The van der Waals surface area contributed by atoms with Gasteiger partial charge in [0.25, 0.3) is 5.91 Å². The number of thiocarbonyl (C=S) groups is 1. The minimum Gasteiger partial charge on any atom is -0.492 e. The van der Waals surface area contributed by atoms with Crippen LogP contribution in [0, 0.1) is 11.6 Å². The maximum Gasteiger partial charge on any atom is 0.338 e. The number of aliphatic hydroxyl groups is 2. The number of halogens is 2. The molecule has 11 nitrogen and oxygen atoms in total. The quantitative estimate of drug-likeness (QED) is 0.126. The van der Waals surface area contributed by atoms with Gasteiger partial charge in [-0.05, 0) is 65.7 Å². The second kappa shape index (κ2) is 17.6. The van der Waals surface area contributed by atoms with Crippen molar-refractivity contribution in [1.29, 1.82) is 0 Å². The number of amides is 2. The average Bonchev–Trinajstić information content (AvgIpc) is 3.39. The number of anilines is 1. The predicted octanol–water partition coefficient (Wildman–Crippen LogP) is 4.08. The van der Waals surface area contributed by atoms with Crippen molar-refractivity contribution in [3.8, 4) is 16.9 Å². The third kappa shape index (κ3) is 9.93. The zero-order valence-corrected chi connectivity index (χ0v) is 28.4. The smallest absolute Gasteiger partial charge is 0.338 e. The molecule has 2 saturated heterocycles. The number of rotatable bonds is 14. The molecule has 3 aromatic rings. The van der Waals surface area contributed by atoms with E-state index >= 15 is 0 Å². The van der Waals surface area contributed by atoms with E-state index in [1.54, 1.807) is 24.3 Å². The number of aliphatic hydroxyl groups excluding tert-OH is 2. The van der Waals surface area contributed by atoms with E-state index in [0.29, 0.717) is 59.4 Å². The lowest BCUT2D eigenvalue weighted by Gasteiger charge is -2.26. The number of morpholine rings is 1. The lowest BCUT2D eigenvalue weighted by molar-refractivity contribution is -0.122. The zero-order chi connectivity index (χ0) is 35.6. The number of esters is 1. The van der Waals surface area contributed by atoms with E-state index in [0.717, 1.165) is 37.0 Å². The summed E-state index contributed by atoms with van der Waals surface area (Å²) in [7, 11) is 0. The summed E-state index contributed by atoms with van der Waals surface area (Å²) in [5.74, 6) is -2.91. The molecule has 3 aromatic carbocycles. The molecule has 0 aliphatic carbocycles. The van der Waals surface area contributed by atoms with Crippen molar-refractivity contribution in [3.63, 3.8) is 0 Å². The number of carbonyl (C=O) groups excluding carboxylic acids is 3. The first-order chi connectivity index (χ1) is 24.1. The van der Waals surface area contributed by atoms with Crippen LogP contribution in [0.3, 0.4) is 0 Å². The molecule has 0 saturated carbocycles. The molecule has 3 N–H and O–H groups in total. The van der Waals surface area contributed by atoms with Gasteiger partial charge in [0.15, 0.2) is 11.6 Å². The predicted molar refractivity (Wildman–Crippen MR) is 187 cm³/mol. The molecular weight excluding hydrogens is 693 g/mol. The van der Waals surface area contributed by atoms with E-state index in [-0.39, 0.29) is 41.3 Å². The topological polar surface area (TPSA) is 138 Å². The number of benzene rings is 3. The molecule has 15 heteroatoms. The lowest BCUT2D eigenvalue weighted by atomic mass is 10.0. The number of hydrogen-bond donors (Lipinski definition) is 3. The molecule has 5 rings (SSSR count). The Morgan fingerprint density at radius 2 is 1.74 bits per heavy atom. The summed E-state index contributed by atoms with van der Waals surface area (Å²) in [4.78, 5) is 42.2. The second-order valence-corrected chi connectivity index (χ2v) is 13.0. The number of nitrogens with one attached hydrogen (secondary N) is 1. The van der Waals surface area contributed by atoms with Crippen molar-refractivity contribution in [1.82, 2.24) is 9.80 Å². The molecule has 0 radical (unpaired) electrons. The van der Waals surface area contributed by atoms with Crippen molar-refractivity contribution < 1.29 is 47.6 Å². The van der Waals surface area contributed by atoms with Crippen molar-refractivity contribution in [3.05, 3.63) is 88.3 Å². The highest BCUT2D eigenvalue weighted by Crippen LogP contribution is 2.36. The zero-order valence-electron chi connectivity index (χ0n) is 26.8. The first-order valence-electron chi connectivity index (χ1n) is 15.7. The molecule has 264 valence electrons. The van der Waals surface area contributed by atoms with Crippen molar-refractivity contribution >= 4 is 57.8 Å². The van der Waals surface area contributed by atoms with Crippen LogP contribution in [0.1, 0.15) is 22.3 Å². The Balaban J connectivity index is 1.23. The van der Waals surface area contributed by atoms with Crippen molar-refractivity contribution in [2.75, 3.05) is 64.5 Å². The lowest BCUT2D eigenvalue weighted by Crippen LogP contribution is -2.38.